The van der Waals surface area contributed by atoms with Gasteiger partial charge in [-0.05, 0) is 17.7 Å². The van der Waals surface area contributed by atoms with Crippen LogP contribution in [0.4, 0.5) is 4.39 Å². The number of rotatable bonds is 1. The molecule has 2 nitrogen and oxygen atoms in total. The molecule has 0 spiro atoms. The summed E-state index contributed by atoms with van der Waals surface area (Å²) < 4.78 is 12.8. The van der Waals surface area contributed by atoms with Crippen molar-refractivity contribution in [1.29, 1.82) is 0 Å². The van der Waals surface area contributed by atoms with Gasteiger partial charge in [-0.15, -0.1) is 11.8 Å². The molecule has 2 rings (SSSR count). The summed E-state index contributed by atoms with van der Waals surface area (Å²) in [5.74, 6) is 0.208. The molecular formula is C9H8FNOS. The van der Waals surface area contributed by atoms with Gasteiger partial charge in [-0.25, -0.2) is 4.39 Å². The van der Waals surface area contributed by atoms with Crippen molar-refractivity contribution in [3.05, 3.63) is 35.6 Å². The second-order valence-corrected chi connectivity index (χ2v) is 3.91. The van der Waals surface area contributed by atoms with E-state index in [4.69, 9.17) is 0 Å². The van der Waals surface area contributed by atoms with Gasteiger partial charge in [0.05, 0.1) is 5.75 Å². The number of nitrogens with one attached hydrogen (secondary N) is 1. The summed E-state index contributed by atoms with van der Waals surface area (Å²) in [6, 6.07) is 6.30. The van der Waals surface area contributed by atoms with Gasteiger partial charge in [-0.2, -0.15) is 0 Å². The van der Waals surface area contributed by atoms with E-state index in [1.807, 2.05) is 6.07 Å². The Morgan fingerprint density at radius 1 is 1.54 bits per heavy atom. The normalized spacial score (nSPS) is 21.6. The largest absolute Gasteiger partial charge is 0.339 e. The summed E-state index contributed by atoms with van der Waals surface area (Å²) in [7, 11) is 0. The first-order chi connectivity index (χ1) is 6.25. The van der Waals surface area contributed by atoms with Crippen molar-refractivity contribution in [2.45, 2.75) is 5.37 Å². The average molecular weight is 197 g/mol. The summed E-state index contributed by atoms with van der Waals surface area (Å²) in [6.45, 7) is 0. The fourth-order valence-corrected chi connectivity index (χ4v) is 2.19. The Balaban J connectivity index is 2.21. The quantitative estimate of drug-likeness (QED) is 0.742. The highest BCUT2D eigenvalue weighted by molar-refractivity contribution is 8.00. The average Bonchev–Trinajstić information content (AvgIpc) is 2.52. The van der Waals surface area contributed by atoms with E-state index >= 15 is 0 Å². The topological polar surface area (TPSA) is 29.1 Å². The zero-order valence-electron chi connectivity index (χ0n) is 6.79. The third-order valence-corrected chi connectivity index (χ3v) is 2.98. The number of carbonyl (C=O) groups is 1. The maximum Gasteiger partial charge on any atom is 0.231 e. The van der Waals surface area contributed by atoms with E-state index in [1.54, 1.807) is 6.07 Å². The number of halogens is 1. The molecule has 0 aliphatic carbocycles. The van der Waals surface area contributed by atoms with Crippen molar-refractivity contribution in [3.63, 3.8) is 0 Å². The van der Waals surface area contributed by atoms with Gasteiger partial charge in [0.25, 0.3) is 0 Å². The van der Waals surface area contributed by atoms with Crippen LogP contribution in [0.5, 0.6) is 0 Å². The van der Waals surface area contributed by atoms with Crippen molar-refractivity contribution in [2.24, 2.45) is 0 Å². The molecule has 68 valence electrons. The molecule has 1 atom stereocenters. The first kappa shape index (κ1) is 8.56. The van der Waals surface area contributed by atoms with E-state index in [0.29, 0.717) is 5.75 Å². The summed E-state index contributed by atoms with van der Waals surface area (Å²) >= 11 is 1.48. The van der Waals surface area contributed by atoms with Gasteiger partial charge in [0.2, 0.25) is 5.91 Å². The molecule has 1 saturated heterocycles. The lowest BCUT2D eigenvalue weighted by atomic mass is 10.2. The molecular weight excluding hydrogens is 189 g/mol. The smallest absolute Gasteiger partial charge is 0.231 e. The Morgan fingerprint density at radius 3 is 3.00 bits per heavy atom. The van der Waals surface area contributed by atoms with Crippen LogP contribution in [0.3, 0.4) is 0 Å². The first-order valence-electron chi connectivity index (χ1n) is 3.92. The minimum atomic E-state index is -0.265. The standard InChI is InChI=1S/C9H8FNOS/c10-7-3-1-2-6(4-7)9-11-8(12)5-13-9/h1-4,9H,5H2,(H,11,12). The Hall–Kier alpha value is -1.03. The number of hydrogen-bond donors (Lipinski definition) is 1. The number of carbonyl (C=O) groups excluding carboxylic acids is 1. The zero-order valence-corrected chi connectivity index (χ0v) is 7.60. The summed E-state index contributed by atoms with van der Waals surface area (Å²) in [4.78, 5) is 10.9. The molecule has 1 amide bonds. The molecule has 0 saturated carbocycles. The van der Waals surface area contributed by atoms with E-state index in [0.717, 1.165) is 5.56 Å². The molecule has 0 bridgehead atoms. The summed E-state index contributed by atoms with van der Waals surface area (Å²) in [5, 5.41) is 2.67. The molecule has 1 aliphatic heterocycles. The molecule has 1 aliphatic rings. The first-order valence-corrected chi connectivity index (χ1v) is 4.97. The van der Waals surface area contributed by atoms with E-state index in [2.05, 4.69) is 5.32 Å². The van der Waals surface area contributed by atoms with Gasteiger partial charge in [-0.3, -0.25) is 4.79 Å². The van der Waals surface area contributed by atoms with Crippen LogP contribution >= 0.6 is 11.8 Å². The molecule has 1 unspecified atom stereocenters. The predicted molar refractivity (Wildman–Crippen MR) is 49.7 cm³/mol. The molecule has 0 radical (unpaired) electrons. The molecule has 1 N–H and O–H groups in total. The Bertz CT molecular complexity index is 342. The van der Waals surface area contributed by atoms with Crippen LogP contribution in [0.25, 0.3) is 0 Å². The third kappa shape index (κ3) is 1.83. The van der Waals surface area contributed by atoms with Crippen LogP contribution in [0.15, 0.2) is 24.3 Å². The van der Waals surface area contributed by atoms with Crippen molar-refractivity contribution in [2.75, 3.05) is 5.75 Å². The van der Waals surface area contributed by atoms with Gasteiger partial charge in [0.1, 0.15) is 11.2 Å². The van der Waals surface area contributed by atoms with Gasteiger partial charge < -0.3 is 5.32 Å². The van der Waals surface area contributed by atoms with Crippen molar-refractivity contribution < 1.29 is 9.18 Å². The second kappa shape index (κ2) is 3.38. The van der Waals surface area contributed by atoms with E-state index in [1.165, 1.54) is 23.9 Å². The van der Waals surface area contributed by atoms with Gasteiger partial charge in [0, 0.05) is 0 Å². The minimum Gasteiger partial charge on any atom is -0.339 e. The lowest BCUT2D eigenvalue weighted by molar-refractivity contribution is -0.118. The van der Waals surface area contributed by atoms with Crippen LogP contribution in [0, 0.1) is 5.82 Å². The molecule has 1 aromatic carbocycles. The molecule has 4 heteroatoms. The number of amides is 1. The highest BCUT2D eigenvalue weighted by Crippen LogP contribution is 2.30. The van der Waals surface area contributed by atoms with Crippen molar-refractivity contribution in [3.8, 4) is 0 Å². The minimum absolute atomic E-state index is 0.0132. The zero-order chi connectivity index (χ0) is 9.26. The molecule has 1 fully saturated rings. The third-order valence-electron chi connectivity index (χ3n) is 1.82. The molecule has 13 heavy (non-hydrogen) atoms. The van der Waals surface area contributed by atoms with E-state index in [-0.39, 0.29) is 17.1 Å². The summed E-state index contributed by atoms with van der Waals surface area (Å²) in [5.41, 5.74) is 0.816. The Labute approximate surface area is 79.5 Å². The van der Waals surface area contributed by atoms with Crippen molar-refractivity contribution in [1.82, 2.24) is 5.32 Å². The molecule has 1 heterocycles. The number of thioether (sulfide) groups is 1. The van der Waals surface area contributed by atoms with E-state index in [9.17, 15) is 9.18 Å². The summed E-state index contributed by atoms with van der Waals surface area (Å²) in [6.07, 6.45) is 0. The van der Waals surface area contributed by atoms with Crippen LogP contribution in [-0.2, 0) is 4.79 Å². The van der Waals surface area contributed by atoms with Gasteiger partial charge >= 0.3 is 0 Å². The Morgan fingerprint density at radius 2 is 2.38 bits per heavy atom. The maximum atomic E-state index is 12.8. The second-order valence-electron chi connectivity index (χ2n) is 2.81. The van der Waals surface area contributed by atoms with Gasteiger partial charge in [-0.1, -0.05) is 12.1 Å². The fourth-order valence-electron chi connectivity index (χ4n) is 1.24. The molecule has 0 aromatic heterocycles. The Kier molecular flexibility index (Phi) is 2.22. The lowest BCUT2D eigenvalue weighted by Gasteiger charge is -2.08. The molecule has 1 aromatic rings. The fraction of sp³-hybridized carbons (Fsp3) is 0.222. The van der Waals surface area contributed by atoms with Crippen LogP contribution in [-0.4, -0.2) is 11.7 Å². The number of hydrogen-bond acceptors (Lipinski definition) is 2. The monoisotopic (exact) mass is 197 g/mol. The maximum absolute atomic E-state index is 12.8. The van der Waals surface area contributed by atoms with Crippen molar-refractivity contribution >= 4 is 17.7 Å². The predicted octanol–water partition coefficient (Wildman–Crippen LogP) is 1.69. The van der Waals surface area contributed by atoms with Crippen LogP contribution < -0.4 is 5.32 Å². The number of benzene rings is 1. The van der Waals surface area contributed by atoms with E-state index < -0.39 is 0 Å². The highest BCUT2D eigenvalue weighted by Gasteiger charge is 2.22. The lowest BCUT2D eigenvalue weighted by Crippen LogP contribution is -2.18. The SMILES string of the molecule is O=C1CSC(c2cccc(F)c2)N1. The highest BCUT2D eigenvalue weighted by atomic mass is 32.2. The van der Waals surface area contributed by atoms with Crippen LogP contribution in [0.1, 0.15) is 10.9 Å². The van der Waals surface area contributed by atoms with Crippen LogP contribution in [0.2, 0.25) is 0 Å². The van der Waals surface area contributed by atoms with Gasteiger partial charge in [0.15, 0.2) is 0 Å².